The molecule has 0 radical (unpaired) electrons. The first kappa shape index (κ1) is 26.3. The number of anilines is 2. The van der Waals surface area contributed by atoms with Crippen molar-refractivity contribution in [3.63, 3.8) is 0 Å². The number of amides is 4. The van der Waals surface area contributed by atoms with Crippen LogP contribution in [-0.2, 0) is 19.1 Å². The zero-order valence-electron chi connectivity index (χ0n) is 18.3. The molecule has 10 nitrogen and oxygen atoms in total. The van der Waals surface area contributed by atoms with Gasteiger partial charge in [-0.15, -0.1) is 11.3 Å². The number of rotatable bonds is 9. The molecule has 1 fully saturated rings. The molecule has 3 N–H and O–H groups in total. The number of carbonyl (C=O) groups excluding carboxylic acids is 4. The van der Waals surface area contributed by atoms with E-state index in [1.165, 1.54) is 30.0 Å². The van der Waals surface area contributed by atoms with E-state index >= 15 is 0 Å². The summed E-state index contributed by atoms with van der Waals surface area (Å²) in [5.74, 6) is -2.49. The number of alkyl halides is 2. The van der Waals surface area contributed by atoms with E-state index in [4.69, 9.17) is 16.3 Å². The second kappa shape index (κ2) is 11.9. The Morgan fingerprint density at radius 3 is 2.66 bits per heavy atom. The smallest absolute Gasteiger partial charge is 0.387 e. The summed E-state index contributed by atoms with van der Waals surface area (Å²) in [6, 6.07) is 5.77. The molecule has 2 aromatic rings. The number of halogens is 3. The van der Waals surface area contributed by atoms with Gasteiger partial charge in [-0.25, -0.2) is 0 Å². The number of benzene rings is 1. The van der Waals surface area contributed by atoms with Crippen LogP contribution in [0, 0.1) is 0 Å². The minimum atomic E-state index is -3.18. The number of nitrogens with one attached hydrogen (secondary N) is 3. The van der Waals surface area contributed by atoms with Gasteiger partial charge in [0.15, 0.2) is 5.75 Å². The van der Waals surface area contributed by atoms with Crippen molar-refractivity contribution < 1.29 is 37.4 Å². The third kappa shape index (κ3) is 7.34. The average molecular weight is 531 g/mol. The molecular weight excluding hydrogens is 510 g/mol. The second-order valence-electron chi connectivity index (χ2n) is 7.22. The quantitative estimate of drug-likeness (QED) is 0.456. The van der Waals surface area contributed by atoms with Gasteiger partial charge in [0, 0.05) is 31.8 Å². The zero-order chi connectivity index (χ0) is 25.5. The van der Waals surface area contributed by atoms with E-state index in [0.29, 0.717) is 9.21 Å². The lowest BCUT2D eigenvalue weighted by molar-refractivity contribution is -0.125. The van der Waals surface area contributed by atoms with Gasteiger partial charge in [0.1, 0.15) is 12.6 Å². The summed E-state index contributed by atoms with van der Waals surface area (Å²) >= 11 is 6.87. The topological polar surface area (TPSA) is 126 Å². The van der Waals surface area contributed by atoms with Crippen LogP contribution >= 0.6 is 22.9 Å². The van der Waals surface area contributed by atoms with E-state index in [9.17, 15) is 28.0 Å². The van der Waals surface area contributed by atoms with Crippen LogP contribution in [0.3, 0.4) is 0 Å². The molecule has 3 rings (SSSR count). The van der Waals surface area contributed by atoms with Crippen LogP contribution in [0.15, 0.2) is 30.3 Å². The summed E-state index contributed by atoms with van der Waals surface area (Å²) in [7, 11) is 0. The van der Waals surface area contributed by atoms with Gasteiger partial charge in [0.25, 0.3) is 11.8 Å². The largest absolute Gasteiger partial charge is 0.433 e. The number of morpholine rings is 1. The Hall–Kier alpha value is -3.29. The number of carbonyl (C=O) groups is 4. The summed E-state index contributed by atoms with van der Waals surface area (Å²) in [6.45, 7) is -2.06. The lowest BCUT2D eigenvalue weighted by atomic mass is 10.2. The van der Waals surface area contributed by atoms with Crippen molar-refractivity contribution in [3.8, 4) is 5.75 Å². The van der Waals surface area contributed by atoms with E-state index in [2.05, 4.69) is 20.7 Å². The molecule has 188 valence electrons. The third-order valence-electron chi connectivity index (χ3n) is 4.68. The Kier molecular flexibility index (Phi) is 8.95. The molecule has 1 aromatic carbocycles. The van der Waals surface area contributed by atoms with Crippen molar-refractivity contribution in [2.24, 2.45) is 0 Å². The summed E-state index contributed by atoms with van der Waals surface area (Å²) < 4.78 is 36.1. The minimum Gasteiger partial charge on any atom is -0.433 e. The van der Waals surface area contributed by atoms with Crippen LogP contribution in [0.2, 0.25) is 4.34 Å². The summed E-state index contributed by atoms with van der Waals surface area (Å²) in [6.07, 6.45) is 0. The molecule has 0 unspecified atom stereocenters. The van der Waals surface area contributed by atoms with Gasteiger partial charge < -0.3 is 30.3 Å². The van der Waals surface area contributed by atoms with Crippen molar-refractivity contribution >= 4 is 57.9 Å². The van der Waals surface area contributed by atoms with Gasteiger partial charge in [-0.3, -0.25) is 19.2 Å². The van der Waals surface area contributed by atoms with Crippen molar-refractivity contribution in [2.45, 2.75) is 19.6 Å². The molecule has 0 spiro atoms. The molecule has 0 bridgehead atoms. The van der Waals surface area contributed by atoms with Gasteiger partial charge in [0.2, 0.25) is 11.8 Å². The Morgan fingerprint density at radius 2 is 2.03 bits per heavy atom. The molecule has 0 saturated carbocycles. The number of nitrogens with zero attached hydrogens (tertiary/aromatic N) is 1. The highest BCUT2D eigenvalue weighted by Gasteiger charge is 2.26. The Bertz CT molecular complexity index is 1120. The summed E-state index contributed by atoms with van der Waals surface area (Å²) in [5, 5.41) is 7.45. The van der Waals surface area contributed by atoms with Crippen LogP contribution in [0.25, 0.3) is 0 Å². The average Bonchev–Trinajstić information content (AvgIpc) is 3.23. The predicted octanol–water partition coefficient (Wildman–Crippen LogP) is 2.24. The molecule has 14 heteroatoms. The van der Waals surface area contributed by atoms with E-state index in [0.717, 1.165) is 17.4 Å². The van der Waals surface area contributed by atoms with Gasteiger partial charge in [-0.1, -0.05) is 11.6 Å². The Balaban J connectivity index is 1.74. The van der Waals surface area contributed by atoms with E-state index in [1.807, 2.05) is 0 Å². The number of ether oxygens (including phenoxy) is 2. The predicted molar refractivity (Wildman–Crippen MR) is 124 cm³/mol. The molecular formula is C21H21ClF2N4O6S. The number of hydrogen-bond acceptors (Lipinski definition) is 7. The maximum atomic E-state index is 13.0. The fourth-order valence-corrected chi connectivity index (χ4v) is 4.14. The zero-order valence-corrected chi connectivity index (χ0v) is 19.9. The van der Waals surface area contributed by atoms with Gasteiger partial charge >= 0.3 is 6.61 Å². The molecule has 1 saturated heterocycles. The van der Waals surface area contributed by atoms with Crippen molar-refractivity contribution in [1.29, 1.82) is 0 Å². The van der Waals surface area contributed by atoms with Gasteiger partial charge in [0.05, 0.1) is 21.5 Å². The second-order valence-corrected chi connectivity index (χ2v) is 8.93. The monoisotopic (exact) mass is 530 g/mol. The highest BCUT2D eigenvalue weighted by atomic mass is 35.5. The van der Waals surface area contributed by atoms with Crippen molar-refractivity contribution in [2.75, 3.05) is 36.5 Å². The molecule has 35 heavy (non-hydrogen) atoms. The molecule has 2 heterocycles. The van der Waals surface area contributed by atoms with Gasteiger partial charge in [-0.05, 0) is 24.3 Å². The van der Waals surface area contributed by atoms with Crippen molar-refractivity contribution in [3.05, 3.63) is 39.5 Å². The first-order chi connectivity index (χ1) is 16.6. The number of thiophene rings is 1. The highest BCUT2D eigenvalue weighted by Crippen LogP contribution is 2.33. The van der Waals surface area contributed by atoms with Crippen LogP contribution in [0.5, 0.6) is 5.75 Å². The van der Waals surface area contributed by atoms with Gasteiger partial charge in [-0.2, -0.15) is 8.78 Å². The summed E-state index contributed by atoms with van der Waals surface area (Å²) in [5.41, 5.74) is 0.165. The first-order valence-corrected chi connectivity index (χ1v) is 11.4. The normalized spacial score (nSPS) is 14.4. The molecule has 1 aliphatic heterocycles. The van der Waals surface area contributed by atoms with E-state index < -0.39 is 36.3 Å². The van der Waals surface area contributed by atoms with E-state index in [1.54, 1.807) is 6.07 Å². The standard InChI is InChI=1S/C21H21ClF2N4O6S/c1-11(29)26-13(9-25-20(32)16-4-5-17(22)35-16)19(31)27-12-2-3-14(15(8-12)34-21(23)24)28-6-7-33-10-18(28)30/h2-5,8,13,21H,6-7,9-10H2,1H3,(H,25,32)(H,26,29)(H,27,31)/t13-/m1/s1. The fourth-order valence-electron chi connectivity index (χ4n) is 3.18. The molecule has 1 aromatic heterocycles. The van der Waals surface area contributed by atoms with Crippen LogP contribution in [-0.4, -0.2) is 62.6 Å². The molecule has 1 atom stereocenters. The fraction of sp³-hybridized carbons (Fsp3) is 0.333. The molecule has 0 aliphatic carbocycles. The SMILES string of the molecule is CC(=O)N[C@H](CNC(=O)c1ccc(Cl)s1)C(=O)Nc1ccc(N2CCOCC2=O)c(OC(F)F)c1. The lowest BCUT2D eigenvalue weighted by Crippen LogP contribution is -2.50. The lowest BCUT2D eigenvalue weighted by Gasteiger charge is -2.28. The third-order valence-corrected chi connectivity index (χ3v) is 5.91. The van der Waals surface area contributed by atoms with E-state index in [-0.39, 0.29) is 43.4 Å². The molecule has 4 amide bonds. The van der Waals surface area contributed by atoms with Crippen molar-refractivity contribution in [1.82, 2.24) is 10.6 Å². The molecule has 1 aliphatic rings. The summed E-state index contributed by atoms with van der Waals surface area (Å²) in [4.78, 5) is 50.3. The maximum absolute atomic E-state index is 13.0. The highest BCUT2D eigenvalue weighted by molar-refractivity contribution is 7.18. The first-order valence-electron chi connectivity index (χ1n) is 10.2. The maximum Gasteiger partial charge on any atom is 0.387 e. The Labute approximate surface area is 207 Å². The Morgan fingerprint density at radius 1 is 1.26 bits per heavy atom. The number of hydrogen-bond donors (Lipinski definition) is 3. The van der Waals surface area contributed by atoms with Crippen LogP contribution in [0.4, 0.5) is 20.2 Å². The minimum absolute atomic E-state index is 0.0711. The van der Waals surface area contributed by atoms with Crippen LogP contribution < -0.4 is 25.6 Å². The van der Waals surface area contributed by atoms with Crippen LogP contribution in [0.1, 0.15) is 16.6 Å².